The van der Waals surface area contributed by atoms with Gasteiger partial charge < -0.3 is 15.2 Å². The number of hydrogen-bond donors (Lipinski definition) is 3. The fourth-order valence-corrected chi connectivity index (χ4v) is 2.04. The van der Waals surface area contributed by atoms with Crippen molar-refractivity contribution in [1.29, 1.82) is 0 Å². The van der Waals surface area contributed by atoms with Crippen molar-refractivity contribution in [3.8, 4) is 0 Å². The Kier molecular flexibility index (Phi) is 8.25. The molecule has 0 aliphatic rings. The van der Waals surface area contributed by atoms with E-state index in [1.54, 1.807) is 0 Å². The standard InChI is InChI=1S/C9H18N2O6S/c1-17-5-4-10-8(12)7-11-18(15,16)6-2-3-9(13)14/h11H,2-7H2,1H3,(H,10,12)(H,13,14). The Morgan fingerprint density at radius 3 is 2.56 bits per heavy atom. The largest absolute Gasteiger partial charge is 0.481 e. The van der Waals surface area contributed by atoms with Gasteiger partial charge in [0.05, 0.1) is 18.9 Å². The van der Waals surface area contributed by atoms with Crippen LogP contribution in [0.15, 0.2) is 0 Å². The first-order valence-corrected chi connectivity index (χ1v) is 6.97. The quantitative estimate of drug-likeness (QED) is 0.421. The maximum absolute atomic E-state index is 11.3. The van der Waals surface area contributed by atoms with Crippen LogP contribution < -0.4 is 10.0 Å². The molecule has 18 heavy (non-hydrogen) atoms. The third-order valence-electron chi connectivity index (χ3n) is 1.88. The number of carboxylic acids is 1. The predicted octanol–water partition coefficient (Wildman–Crippen LogP) is -1.47. The lowest BCUT2D eigenvalue weighted by atomic mass is 10.3. The van der Waals surface area contributed by atoms with E-state index in [4.69, 9.17) is 9.84 Å². The van der Waals surface area contributed by atoms with Crippen LogP contribution in [-0.2, 0) is 24.3 Å². The second-order valence-electron chi connectivity index (χ2n) is 3.48. The molecule has 9 heteroatoms. The first kappa shape index (κ1) is 16.8. The minimum absolute atomic E-state index is 0.00988. The predicted molar refractivity (Wildman–Crippen MR) is 63.5 cm³/mol. The van der Waals surface area contributed by atoms with Gasteiger partial charge in [0.1, 0.15) is 0 Å². The molecule has 0 fully saturated rings. The van der Waals surface area contributed by atoms with Crippen LogP contribution in [0.1, 0.15) is 12.8 Å². The van der Waals surface area contributed by atoms with Crippen LogP contribution in [0.4, 0.5) is 0 Å². The van der Waals surface area contributed by atoms with Gasteiger partial charge in [-0.1, -0.05) is 0 Å². The molecule has 0 spiro atoms. The lowest BCUT2D eigenvalue weighted by molar-refractivity contribution is -0.137. The first-order chi connectivity index (χ1) is 8.37. The number of nitrogens with one attached hydrogen (secondary N) is 2. The molecule has 1 amide bonds. The first-order valence-electron chi connectivity index (χ1n) is 5.32. The fraction of sp³-hybridized carbons (Fsp3) is 0.778. The number of carbonyl (C=O) groups excluding carboxylic acids is 1. The lowest BCUT2D eigenvalue weighted by Crippen LogP contribution is -2.39. The van der Waals surface area contributed by atoms with E-state index in [1.807, 2.05) is 0 Å². The summed E-state index contributed by atoms with van der Waals surface area (Å²) in [7, 11) is -2.12. The highest BCUT2D eigenvalue weighted by Gasteiger charge is 2.12. The van der Waals surface area contributed by atoms with E-state index in [2.05, 4.69) is 10.0 Å². The summed E-state index contributed by atoms with van der Waals surface area (Å²) in [5.74, 6) is -1.83. The van der Waals surface area contributed by atoms with Gasteiger partial charge in [0.25, 0.3) is 0 Å². The van der Waals surface area contributed by atoms with Crippen LogP contribution in [0, 0.1) is 0 Å². The molecule has 0 rings (SSSR count). The minimum Gasteiger partial charge on any atom is -0.481 e. The second kappa shape index (κ2) is 8.84. The van der Waals surface area contributed by atoms with Crippen molar-refractivity contribution in [1.82, 2.24) is 10.0 Å². The summed E-state index contributed by atoms with van der Waals surface area (Å²) < 4.78 is 29.5. The van der Waals surface area contributed by atoms with Crippen molar-refractivity contribution < 1.29 is 27.9 Å². The van der Waals surface area contributed by atoms with Gasteiger partial charge in [-0.05, 0) is 6.42 Å². The Morgan fingerprint density at radius 2 is 2.00 bits per heavy atom. The van der Waals surface area contributed by atoms with E-state index >= 15 is 0 Å². The Morgan fingerprint density at radius 1 is 1.33 bits per heavy atom. The molecule has 8 nitrogen and oxygen atoms in total. The summed E-state index contributed by atoms with van der Waals surface area (Å²) >= 11 is 0. The average Bonchev–Trinajstić information content (AvgIpc) is 2.26. The molecule has 0 saturated heterocycles. The average molecular weight is 282 g/mol. The Hall–Kier alpha value is -1.19. The van der Waals surface area contributed by atoms with E-state index in [-0.39, 0.29) is 25.1 Å². The number of amides is 1. The SMILES string of the molecule is COCCNC(=O)CNS(=O)(=O)CCCC(=O)O. The normalized spacial score (nSPS) is 11.2. The van der Waals surface area contributed by atoms with Crippen LogP contribution in [0.5, 0.6) is 0 Å². The third-order valence-corrected chi connectivity index (χ3v) is 3.29. The maximum Gasteiger partial charge on any atom is 0.303 e. The molecular formula is C9H18N2O6S. The highest BCUT2D eigenvalue weighted by molar-refractivity contribution is 7.89. The summed E-state index contributed by atoms with van der Waals surface area (Å²) in [4.78, 5) is 21.4. The monoisotopic (exact) mass is 282 g/mol. The van der Waals surface area contributed by atoms with Gasteiger partial charge in [0.2, 0.25) is 15.9 Å². The zero-order chi connectivity index (χ0) is 14.0. The van der Waals surface area contributed by atoms with Crippen molar-refractivity contribution in [2.75, 3.05) is 32.6 Å². The minimum atomic E-state index is -3.61. The number of carboxylic acid groups (broad SMARTS) is 1. The van der Waals surface area contributed by atoms with Crippen LogP contribution in [0.2, 0.25) is 0 Å². The van der Waals surface area contributed by atoms with Crippen LogP contribution in [0.25, 0.3) is 0 Å². The van der Waals surface area contributed by atoms with Gasteiger partial charge in [-0.2, -0.15) is 0 Å². The van der Waals surface area contributed by atoms with Gasteiger partial charge in [-0.25, -0.2) is 13.1 Å². The Bertz CT molecular complexity index is 367. The smallest absolute Gasteiger partial charge is 0.303 e. The molecule has 0 aliphatic carbocycles. The summed E-state index contributed by atoms with van der Waals surface area (Å²) in [5.41, 5.74) is 0. The molecule has 0 heterocycles. The number of carbonyl (C=O) groups is 2. The molecule has 0 unspecified atom stereocenters. The molecule has 0 aliphatic heterocycles. The van der Waals surface area contributed by atoms with E-state index in [0.717, 1.165) is 0 Å². The van der Waals surface area contributed by atoms with Gasteiger partial charge in [0.15, 0.2) is 0 Å². The summed E-state index contributed by atoms with van der Waals surface area (Å²) in [6, 6.07) is 0. The van der Waals surface area contributed by atoms with E-state index in [1.165, 1.54) is 7.11 Å². The lowest BCUT2D eigenvalue weighted by Gasteiger charge is -2.06. The summed E-state index contributed by atoms with van der Waals surface area (Å²) in [6.45, 7) is 0.284. The van der Waals surface area contributed by atoms with E-state index in [0.29, 0.717) is 13.2 Å². The molecule has 0 aromatic heterocycles. The number of hydrogen-bond acceptors (Lipinski definition) is 5. The highest BCUT2D eigenvalue weighted by Crippen LogP contribution is 1.94. The molecular weight excluding hydrogens is 264 g/mol. The molecule has 0 radical (unpaired) electrons. The number of aliphatic carboxylic acids is 1. The van der Waals surface area contributed by atoms with Crippen molar-refractivity contribution in [2.24, 2.45) is 0 Å². The zero-order valence-corrected chi connectivity index (χ0v) is 11.0. The molecule has 0 aromatic carbocycles. The van der Waals surface area contributed by atoms with Gasteiger partial charge in [0, 0.05) is 20.1 Å². The Labute approximate surface area is 106 Å². The van der Waals surface area contributed by atoms with Crippen molar-refractivity contribution >= 4 is 21.9 Å². The highest BCUT2D eigenvalue weighted by atomic mass is 32.2. The van der Waals surface area contributed by atoms with Crippen molar-refractivity contribution in [3.05, 3.63) is 0 Å². The van der Waals surface area contributed by atoms with Crippen molar-refractivity contribution in [2.45, 2.75) is 12.8 Å². The second-order valence-corrected chi connectivity index (χ2v) is 5.41. The molecule has 0 atom stereocenters. The van der Waals surface area contributed by atoms with Gasteiger partial charge >= 0.3 is 5.97 Å². The van der Waals surface area contributed by atoms with E-state index < -0.39 is 21.9 Å². The molecule has 0 aromatic rings. The van der Waals surface area contributed by atoms with Gasteiger partial charge in [-0.3, -0.25) is 9.59 Å². The number of methoxy groups -OCH3 is 1. The van der Waals surface area contributed by atoms with Crippen molar-refractivity contribution in [3.63, 3.8) is 0 Å². The van der Waals surface area contributed by atoms with Crippen LogP contribution in [0.3, 0.4) is 0 Å². The molecule has 0 saturated carbocycles. The summed E-state index contributed by atoms with van der Waals surface area (Å²) in [6.07, 6.45) is -0.211. The number of rotatable bonds is 10. The molecule has 0 bridgehead atoms. The van der Waals surface area contributed by atoms with Crippen LogP contribution >= 0.6 is 0 Å². The zero-order valence-electron chi connectivity index (χ0n) is 10.1. The number of ether oxygens (including phenoxy) is 1. The maximum atomic E-state index is 11.3. The van der Waals surface area contributed by atoms with Crippen LogP contribution in [-0.4, -0.2) is 58.0 Å². The number of sulfonamides is 1. The Balaban J connectivity index is 3.81. The fourth-order valence-electron chi connectivity index (χ4n) is 1.02. The molecule has 106 valence electrons. The van der Waals surface area contributed by atoms with Gasteiger partial charge in [-0.15, -0.1) is 0 Å². The van der Waals surface area contributed by atoms with E-state index in [9.17, 15) is 18.0 Å². The topological polar surface area (TPSA) is 122 Å². The third kappa shape index (κ3) is 10.00. The molecule has 3 N–H and O–H groups in total. The summed E-state index contributed by atoms with van der Waals surface area (Å²) in [5, 5.41) is 10.8.